The Balaban J connectivity index is 1.67. The van der Waals surface area contributed by atoms with Gasteiger partial charge in [-0.1, -0.05) is 61.2 Å². The van der Waals surface area contributed by atoms with Gasteiger partial charge in [-0.2, -0.15) is 0 Å². The Kier molecular flexibility index (Phi) is 10.3. The third-order valence-corrected chi connectivity index (χ3v) is 9.35. The summed E-state index contributed by atoms with van der Waals surface area (Å²) in [6.45, 7) is 1.25. The summed E-state index contributed by atoms with van der Waals surface area (Å²) in [5, 5.41) is 3.60. The molecule has 2 amide bonds. The van der Waals surface area contributed by atoms with E-state index in [1.807, 2.05) is 6.07 Å². The molecule has 0 heterocycles. The van der Waals surface area contributed by atoms with Crippen molar-refractivity contribution in [3.05, 3.63) is 89.4 Å². The number of ether oxygens (including phenoxy) is 1. The topological polar surface area (TPSA) is 96.0 Å². The van der Waals surface area contributed by atoms with Gasteiger partial charge in [0.2, 0.25) is 11.8 Å². The average Bonchev–Trinajstić information content (AvgIpc) is 2.99. The Hall–Kier alpha value is -3.56. The fourth-order valence-corrected chi connectivity index (χ4v) is 6.63. The molecule has 8 nitrogen and oxygen atoms in total. The SMILES string of the molecule is COc1ccc(N(CC(=O)N(Cc2cccc(Cl)c2)C(C)C(=O)NC2CCCCC2)S(=O)(=O)c2ccccc2)cc1. The van der Waals surface area contributed by atoms with E-state index in [-0.39, 0.29) is 23.4 Å². The van der Waals surface area contributed by atoms with E-state index in [1.54, 1.807) is 67.6 Å². The average molecular weight is 598 g/mol. The lowest BCUT2D eigenvalue weighted by molar-refractivity contribution is -0.139. The lowest BCUT2D eigenvalue weighted by Gasteiger charge is -2.33. The lowest BCUT2D eigenvalue weighted by Crippen LogP contribution is -2.53. The first kappa shape index (κ1) is 30.4. The van der Waals surface area contributed by atoms with Crippen LogP contribution in [0.3, 0.4) is 0 Å². The number of nitrogens with zero attached hydrogens (tertiary/aromatic N) is 2. The zero-order chi connectivity index (χ0) is 29.4. The van der Waals surface area contributed by atoms with Crippen molar-refractivity contribution in [1.29, 1.82) is 0 Å². The smallest absolute Gasteiger partial charge is 0.264 e. The van der Waals surface area contributed by atoms with Gasteiger partial charge >= 0.3 is 0 Å². The highest BCUT2D eigenvalue weighted by molar-refractivity contribution is 7.92. The van der Waals surface area contributed by atoms with E-state index < -0.39 is 28.5 Å². The molecule has 0 radical (unpaired) electrons. The van der Waals surface area contributed by atoms with Crippen LogP contribution in [-0.4, -0.2) is 50.9 Å². The maximum Gasteiger partial charge on any atom is 0.264 e. The molecule has 1 unspecified atom stereocenters. The minimum absolute atomic E-state index is 0.0492. The first-order chi connectivity index (χ1) is 19.7. The molecule has 10 heteroatoms. The highest BCUT2D eigenvalue weighted by Gasteiger charge is 2.33. The molecule has 1 fully saturated rings. The van der Waals surface area contributed by atoms with Gasteiger partial charge in [-0.15, -0.1) is 0 Å². The second-order valence-corrected chi connectivity index (χ2v) is 12.5. The Morgan fingerprint density at radius 3 is 2.29 bits per heavy atom. The molecule has 1 aliphatic rings. The zero-order valence-electron chi connectivity index (χ0n) is 23.3. The highest BCUT2D eigenvalue weighted by atomic mass is 35.5. The molecule has 1 saturated carbocycles. The number of carbonyl (C=O) groups excluding carboxylic acids is 2. The third-order valence-electron chi connectivity index (χ3n) is 7.33. The van der Waals surface area contributed by atoms with Crippen LogP contribution in [-0.2, 0) is 26.2 Å². The summed E-state index contributed by atoms with van der Waals surface area (Å²) in [4.78, 5) is 28.9. The number of hydrogen-bond acceptors (Lipinski definition) is 5. The Morgan fingerprint density at radius 1 is 0.976 bits per heavy atom. The quantitative estimate of drug-likeness (QED) is 0.319. The van der Waals surface area contributed by atoms with Gasteiger partial charge in [0, 0.05) is 17.6 Å². The summed E-state index contributed by atoms with van der Waals surface area (Å²) in [6.07, 6.45) is 5.07. The zero-order valence-corrected chi connectivity index (χ0v) is 24.9. The Morgan fingerprint density at radius 2 is 1.66 bits per heavy atom. The maximum absolute atomic E-state index is 14.0. The molecular formula is C31H36ClN3O5S. The summed E-state index contributed by atoms with van der Waals surface area (Å²) in [5.74, 6) is -0.242. The summed E-state index contributed by atoms with van der Waals surface area (Å²) in [7, 11) is -2.61. The second kappa shape index (κ2) is 13.9. The summed E-state index contributed by atoms with van der Waals surface area (Å²) in [6, 6.07) is 20.7. The van der Waals surface area contributed by atoms with Gasteiger partial charge in [0.15, 0.2) is 0 Å². The molecule has 0 spiro atoms. The van der Waals surface area contributed by atoms with Crippen LogP contribution in [0.4, 0.5) is 5.69 Å². The van der Waals surface area contributed by atoms with Crippen molar-refractivity contribution in [1.82, 2.24) is 10.2 Å². The van der Waals surface area contributed by atoms with Crippen LogP contribution in [0.1, 0.15) is 44.6 Å². The van der Waals surface area contributed by atoms with Crippen molar-refractivity contribution in [3.63, 3.8) is 0 Å². The van der Waals surface area contributed by atoms with Crippen LogP contribution in [0.2, 0.25) is 5.02 Å². The minimum atomic E-state index is -4.13. The monoisotopic (exact) mass is 597 g/mol. The first-order valence-corrected chi connectivity index (χ1v) is 15.6. The van der Waals surface area contributed by atoms with Crippen molar-refractivity contribution in [3.8, 4) is 5.75 Å². The molecule has 0 aromatic heterocycles. The van der Waals surface area contributed by atoms with E-state index in [1.165, 1.54) is 24.1 Å². The van der Waals surface area contributed by atoms with Crippen molar-refractivity contribution in [2.24, 2.45) is 0 Å². The van der Waals surface area contributed by atoms with E-state index in [9.17, 15) is 18.0 Å². The van der Waals surface area contributed by atoms with Crippen LogP contribution in [0.25, 0.3) is 0 Å². The first-order valence-electron chi connectivity index (χ1n) is 13.7. The summed E-state index contributed by atoms with van der Waals surface area (Å²) < 4.78 is 34.0. The number of rotatable bonds is 11. The predicted octanol–water partition coefficient (Wildman–Crippen LogP) is 5.41. The molecule has 4 rings (SSSR count). The van der Waals surface area contributed by atoms with Crippen molar-refractivity contribution in [2.75, 3.05) is 18.0 Å². The molecule has 0 saturated heterocycles. The van der Waals surface area contributed by atoms with E-state index in [4.69, 9.17) is 16.3 Å². The van der Waals surface area contributed by atoms with Crippen molar-refractivity contribution < 1.29 is 22.7 Å². The maximum atomic E-state index is 14.0. The fourth-order valence-electron chi connectivity index (χ4n) is 4.98. The van der Waals surface area contributed by atoms with E-state index in [0.717, 1.165) is 42.0 Å². The number of benzene rings is 3. The molecule has 0 aliphatic heterocycles. The van der Waals surface area contributed by atoms with Crippen LogP contribution in [0.15, 0.2) is 83.8 Å². The summed E-state index contributed by atoms with van der Waals surface area (Å²) >= 11 is 6.22. The van der Waals surface area contributed by atoms with Gasteiger partial charge in [0.05, 0.1) is 17.7 Å². The molecule has 41 heavy (non-hydrogen) atoms. The number of amides is 2. The number of hydrogen-bond donors (Lipinski definition) is 1. The Labute approximate surface area is 247 Å². The van der Waals surface area contributed by atoms with Gasteiger partial charge in [0.1, 0.15) is 18.3 Å². The van der Waals surface area contributed by atoms with Crippen LogP contribution < -0.4 is 14.4 Å². The summed E-state index contributed by atoms with van der Waals surface area (Å²) in [5.41, 5.74) is 1.02. The minimum Gasteiger partial charge on any atom is -0.497 e. The van der Waals surface area contributed by atoms with E-state index in [0.29, 0.717) is 16.5 Å². The molecule has 1 N–H and O–H groups in total. The van der Waals surface area contributed by atoms with Gasteiger partial charge in [-0.25, -0.2) is 8.42 Å². The normalized spacial score (nSPS) is 14.6. The molecule has 218 valence electrons. The molecule has 0 bridgehead atoms. The van der Waals surface area contributed by atoms with Crippen molar-refractivity contribution >= 4 is 39.1 Å². The third kappa shape index (κ3) is 7.80. The highest BCUT2D eigenvalue weighted by Crippen LogP contribution is 2.27. The van der Waals surface area contributed by atoms with Gasteiger partial charge in [0.25, 0.3) is 10.0 Å². The van der Waals surface area contributed by atoms with Gasteiger partial charge in [-0.05, 0) is 73.9 Å². The van der Waals surface area contributed by atoms with Gasteiger partial charge in [-0.3, -0.25) is 13.9 Å². The standard InChI is InChI=1S/C31H36ClN3O5S/c1-23(31(37)33-26-12-5-3-6-13-26)34(21-24-10-9-11-25(32)20-24)30(36)22-35(27-16-18-28(40-2)19-17-27)41(38,39)29-14-7-4-8-15-29/h4,7-11,14-20,23,26H,3,5-6,12-13,21-22H2,1-2H3,(H,33,37). The number of carbonyl (C=O) groups is 2. The Bertz CT molecular complexity index is 1430. The molecule has 1 aliphatic carbocycles. The van der Waals surface area contributed by atoms with Crippen LogP contribution in [0, 0.1) is 0 Å². The number of sulfonamides is 1. The van der Waals surface area contributed by atoms with E-state index >= 15 is 0 Å². The molecule has 3 aromatic rings. The molecule has 3 aromatic carbocycles. The number of halogens is 1. The lowest BCUT2D eigenvalue weighted by atomic mass is 9.95. The predicted molar refractivity (Wildman–Crippen MR) is 160 cm³/mol. The van der Waals surface area contributed by atoms with E-state index in [2.05, 4.69) is 5.32 Å². The molecular weight excluding hydrogens is 562 g/mol. The van der Waals surface area contributed by atoms with Crippen molar-refractivity contribution in [2.45, 2.75) is 62.6 Å². The number of methoxy groups -OCH3 is 1. The van der Waals surface area contributed by atoms with Crippen LogP contribution >= 0.6 is 11.6 Å². The number of nitrogens with one attached hydrogen (secondary N) is 1. The van der Waals surface area contributed by atoms with Crippen LogP contribution in [0.5, 0.6) is 5.75 Å². The largest absolute Gasteiger partial charge is 0.497 e. The fraction of sp³-hybridized carbons (Fsp3) is 0.355. The second-order valence-electron chi connectivity index (χ2n) is 10.2. The van der Waals surface area contributed by atoms with Gasteiger partial charge < -0.3 is 15.0 Å². The number of anilines is 1. The molecule has 1 atom stereocenters.